The van der Waals surface area contributed by atoms with Crippen molar-refractivity contribution < 1.29 is 4.42 Å². The van der Waals surface area contributed by atoms with E-state index >= 15 is 0 Å². The molecule has 0 amide bonds. The van der Waals surface area contributed by atoms with E-state index in [-0.39, 0.29) is 0 Å². The van der Waals surface area contributed by atoms with Crippen LogP contribution in [-0.4, -0.2) is 17.6 Å². The highest BCUT2D eigenvalue weighted by atomic mass is 16.3. The number of hydrogen-bond donors (Lipinski definition) is 1. The molecule has 0 spiro atoms. The molecule has 0 radical (unpaired) electrons. The average Bonchev–Trinajstić information content (AvgIpc) is 3.01. The molecule has 1 N–H and O–H groups in total. The third-order valence-electron chi connectivity index (χ3n) is 3.86. The highest BCUT2D eigenvalue weighted by Gasteiger charge is 2.32. The van der Waals surface area contributed by atoms with Crippen molar-refractivity contribution in [3.63, 3.8) is 0 Å². The molecule has 1 aliphatic carbocycles. The average molecular weight is 226 g/mol. The number of furan rings is 1. The molecule has 1 aliphatic heterocycles. The Bertz CT molecular complexity index is 566. The summed E-state index contributed by atoms with van der Waals surface area (Å²) >= 11 is 0. The van der Waals surface area contributed by atoms with Gasteiger partial charge in [0.25, 0.3) is 0 Å². The number of fused-ring (bicyclic) bond motifs is 2. The molecular weight excluding hydrogens is 212 g/mol. The maximum atomic E-state index is 5.86. The van der Waals surface area contributed by atoms with Crippen molar-refractivity contribution in [2.45, 2.75) is 18.9 Å². The predicted octanol–water partition coefficient (Wildman–Crippen LogP) is 2.59. The molecule has 2 aromatic heterocycles. The molecule has 0 aromatic carbocycles. The zero-order valence-corrected chi connectivity index (χ0v) is 9.52. The standard InChI is InChI=1S/C14H14N2O/c1-2-13-12(15-4-1)8-14(17-13)10-6-9-3-5-16-11(9)7-10/h1-2,4,6,8-9,11,16H,3,5,7H2/t9-,11+/m1/s1. The molecule has 2 atom stereocenters. The molecule has 0 unspecified atom stereocenters. The van der Waals surface area contributed by atoms with E-state index in [0.29, 0.717) is 12.0 Å². The van der Waals surface area contributed by atoms with Gasteiger partial charge < -0.3 is 9.73 Å². The van der Waals surface area contributed by atoms with Crippen LogP contribution < -0.4 is 5.32 Å². The fourth-order valence-corrected chi connectivity index (χ4v) is 2.98. The van der Waals surface area contributed by atoms with Gasteiger partial charge in [0.15, 0.2) is 5.58 Å². The minimum atomic E-state index is 0.631. The van der Waals surface area contributed by atoms with Gasteiger partial charge in [0.2, 0.25) is 0 Å². The first-order chi connectivity index (χ1) is 8.40. The summed E-state index contributed by atoms with van der Waals surface area (Å²) in [7, 11) is 0. The second-order valence-electron chi connectivity index (χ2n) is 4.91. The smallest absolute Gasteiger partial charge is 0.153 e. The Hall–Kier alpha value is -1.61. The maximum Gasteiger partial charge on any atom is 0.153 e. The van der Waals surface area contributed by atoms with Crippen molar-refractivity contribution in [2.24, 2.45) is 5.92 Å². The molecular formula is C14H14N2O. The molecule has 4 rings (SSSR count). The SMILES string of the molecule is C1=C(c2cc3ncccc3o2)C[C@@H]2NCC[C@H]12. The third-order valence-corrected chi connectivity index (χ3v) is 3.86. The Morgan fingerprint density at radius 2 is 2.41 bits per heavy atom. The van der Waals surface area contributed by atoms with E-state index in [4.69, 9.17) is 4.42 Å². The first-order valence-corrected chi connectivity index (χ1v) is 6.19. The van der Waals surface area contributed by atoms with Crippen LogP contribution in [0.3, 0.4) is 0 Å². The van der Waals surface area contributed by atoms with Gasteiger partial charge in [-0.15, -0.1) is 0 Å². The Labute approximate surface area is 99.5 Å². The normalized spacial score (nSPS) is 27.4. The first kappa shape index (κ1) is 9.42. The summed E-state index contributed by atoms with van der Waals surface area (Å²) in [5, 5.41) is 3.54. The van der Waals surface area contributed by atoms with Crippen molar-refractivity contribution in [1.29, 1.82) is 0 Å². The number of hydrogen-bond acceptors (Lipinski definition) is 3. The Morgan fingerprint density at radius 1 is 1.41 bits per heavy atom. The molecule has 86 valence electrons. The van der Waals surface area contributed by atoms with Crippen LogP contribution in [0.15, 0.2) is 34.9 Å². The quantitative estimate of drug-likeness (QED) is 0.812. The minimum absolute atomic E-state index is 0.631. The molecule has 3 heterocycles. The highest BCUT2D eigenvalue weighted by Crippen LogP contribution is 2.37. The van der Waals surface area contributed by atoms with E-state index in [2.05, 4.69) is 22.4 Å². The van der Waals surface area contributed by atoms with Crippen LogP contribution in [0.1, 0.15) is 18.6 Å². The number of nitrogens with zero attached hydrogens (tertiary/aromatic N) is 1. The molecule has 2 aromatic rings. The Kier molecular flexibility index (Phi) is 1.91. The van der Waals surface area contributed by atoms with Crippen LogP contribution in [-0.2, 0) is 0 Å². The summed E-state index contributed by atoms with van der Waals surface area (Å²) in [5.41, 5.74) is 3.17. The largest absolute Gasteiger partial charge is 0.455 e. The molecule has 3 nitrogen and oxygen atoms in total. The molecule has 0 bridgehead atoms. The van der Waals surface area contributed by atoms with Gasteiger partial charge in [-0.3, -0.25) is 4.98 Å². The van der Waals surface area contributed by atoms with Crippen molar-refractivity contribution >= 4 is 16.7 Å². The summed E-state index contributed by atoms with van der Waals surface area (Å²) in [4.78, 5) is 4.31. The number of rotatable bonds is 1. The lowest BCUT2D eigenvalue weighted by Crippen LogP contribution is -2.22. The third kappa shape index (κ3) is 1.42. The van der Waals surface area contributed by atoms with Gasteiger partial charge in [-0.1, -0.05) is 6.08 Å². The second-order valence-corrected chi connectivity index (χ2v) is 4.91. The topological polar surface area (TPSA) is 38.1 Å². The Balaban J connectivity index is 1.75. The summed E-state index contributed by atoms with van der Waals surface area (Å²) in [6, 6.07) is 6.57. The molecule has 17 heavy (non-hydrogen) atoms. The zero-order valence-electron chi connectivity index (χ0n) is 9.52. The second kappa shape index (κ2) is 3.44. The van der Waals surface area contributed by atoms with Crippen LogP contribution >= 0.6 is 0 Å². The minimum Gasteiger partial charge on any atom is -0.455 e. The summed E-state index contributed by atoms with van der Waals surface area (Å²) < 4.78 is 5.86. The van der Waals surface area contributed by atoms with Crippen LogP contribution in [0, 0.1) is 5.92 Å². The van der Waals surface area contributed by atoms with E-state index in [9.17, 15) is 0 Å². The van der Waals surface area contributed by atoms with Crippen molar-refractivity contribution in [2.75, 3.05) is 6.54 Å². The van der Waals surface area contributed by atoms with Gasteiger partial charge in [-0.25, -0.2) is 0 Å². The molecule has 0 saturated carbocycles. The van der Waals surface area contributed by atoms with Crippen LogP contribution in [0.5, 0.6) is 0 Å². The van der Waals surface area contributed by atoms with Crippen molar-refractivity contribution in [1.82, 2.24) is 10.3 Å². The van der Waals surface area contributed by atoms with Crippen LogP contribution in [0.25, 0.3) is 16.7 Å². The lowest BCUT2D eigenvalue weighted by molar-refractivity contribution is 0.555. The van der Waals surface area contributed by atoms with Gasteiger partial charge in [0, 0.05) is 18.3 Å². The molecule has 1 saturated heterocycles. The monoisotopic (exact) mass is 226 g/mol. The van der Waals surface area contributed by atoms with Gasteiger partial charge >= 0.3 is 0 Å². The maximum absolute atomic E-state index is 5.86. The lowest BCUT2D eigenvalue weighted by atomic mass is 10.1. The van der Waals surface area contributed by atoms with Crippen molar-refractivity contribution in [3.8, 4) is 0 Å². The van der Waals surface area contributed by atoms with E-state index < -0.39 is 0 Å². The molecule has 2 aliphatic rings. The number of pyridine rings is 1. The van der Waals surface area contributed by atoms with Gasteiger partial charge in [0.05, 0.1) is 0 Å². The van der Waals surface area contributed by atoms with E-state index in [1.807, 2.05) is 12.1 Å². The molecule has 3 heteroatoms. The number of nitrogens with one attached hydrogen (secondary N) is 1. The van der Waals surface area contributed by atoms with Crippen molar-refractivity contribution in [3.05, 3.63) is 36.2 Å². The Morgan fingerprint density at radius 3 is 3.29 bits per heavy atom. The molecule has 1 fully saturated rings. The zero-order chi connectivity index (χ0) is 11.2. The fraction of sp³-hybridized carbons (Fsp3) is 0.357. The van der Waals surface area contributed by atoms with Gasteiger partial charge in [0.1, 0.15) is 11.3 Å². The summed E-state index contributed by atoms with van der Waals surface area (Å²) in [6.45, 7) is 1.15. The fourth-order valence-electron chi connectivity index (χ4n) is 2.98. The first-order valence-electron chi connectivity index (χ1n) is 6.19. The predicted molar refractivity (Wildman–Crippen MR) is 66.5 cm³/mol. The van der Waals surface area contributed by atoms with Crippen LogP contribution in [0.2, 0.25) is 0 Å². The lowest BCUT2D eigenvalue weighted by Gasteiger charge is -2.07. The van der Waals surface area contributed by atoms with E-state index in [0.717, 1.165) is 29.8 Å². The van der Waals surface area contributed by atoms with E-state index in [1.54, 1.807) is 6.20 Å². The van der Waals surface area contributed by atoms with E-state index in [1.165, 1.54) is 12.0 Å². The van der Waals surface area contributed by atoms with Gasteiger partial charge in [-0.2, -0.15) is 0 Å². The van der Waals surface area contributed by atoms with Gasteiger partial charge in [-0.05, 0) is 43.0 Å². The highest BCUT2D eigenvalue weighted by molar-refractivity contribution is 5.79. The summed E-state index contributed by atoms with van der Waals surface area (Å²) in [6.07, 6.45) is 6.53. The number of aromatic nitrogens is 1. The summed E-state index contributed by atoms with van der Waals surface area (Å²) in [5.74, 6) is 1.70. The van der Waals surface area contributed by atoms with Crippen LogP contribution in [0.4, 0.5) is 0 Å².